The van der Waals surface area contributed by atoms with Gasteiger partial charge in [0.2, 0.25) is 5.91 Å². The Balaban J connectivity index is 1.34. The number of para-hydroxylation sites is 2. The molecule has 1 aliphatic heterocycles. The van der Waals surface area contributed by atoms with Crippen molar-refractivity contribution in [1.82, 2.24) is 10.2 Å². The van der Waals surface area contributed by atoms with Crippen LogP contribution in [0.1, 0.15) is 12.0 Å². The second-order valence-electron chi connectivity index (χ2n) is 6.84. The molecule has 0 atom stereocenters. The number of methoxy groups -OCH3 is 1. The highest BCUT2D eigenvalue weighted by atomic mass is 16.5. The Hall–Kier alpha value is -2.53. The monoisotopic (exact) mass is 367 g/mol. The van der Waals surface area contributed by atoms with Gasteiger partial charge in [-0.05, 0) is 24.1 Å². The minimum atomic E-state index is 0.131. The van der Waals surface area contributed by atoms with Gasteiger partial charge < -0.3 is 15.0 Å². The van der Waals surface area contributed by atoms with Gasteiger partial charge in [-0.3, -0.25) is 9.69 Å². The summed E-state index contributed by atoms with van der Waals surface area (Å²) < 4.78 is 5.47. The number of nitrogens with zero attached hydrogens (tertiary/aromatic N) is 2. The minimum absolute atomic E-state index is 0.131. The van der Waals surface area contributed by atoms with Gasteiger partial charge in [0.05, 0.1) is 12.8 Å². The van der Waals surface area contributed by atoms with Crippen LogP contribution < -0.4 is 15.0 Å². The molecule has 0 aromatic heterocycles. The molecule has 0 unspecified atom stereocenters. The van der Waals surface area contributed by atoms with Gasteiger partial charge in [-0.2, -0.15) is 0 Å². The molecule has 1 saturated heterocycles. The van der Waals surface area contributed by atoms with Gasteiger partial charge >= 0.3 is 0 Å². The van der Waals surface area contributed by atoms with Crippen molar-refractivity contribution < 1.29 is 9.53 Å². The van der Waals surface area contributed by atoms with Crippen LogP contribution in [0.4, 0.5) is 5.69 Å². The van der Waals surface area contributed by atoms with E-state index in [4.69, 9.17) is 4.74 Å². The number of hydrogen-bond acceptors (Lipinski definition) is 4. The third-order valence-corrected chi connectivity index (χ3v) is 5.03. The third kappa shape index (κ3) is 5.73. The Labute approximate surface area is 161 Å². The van der Waals surface area contributed by atoms with Crippen molar-refractivity contribution in [3.63, 3.8) is 0 Å². The Bertz CT molecular complexity index is 713. The second kappa shape index (κ2) is 9.97. The Kier molecular flexibility index (Phi) is 7.11. The van der Waals surface area contributed by atoms with Crippen LogP contribution in [0.2, 0.25) is 0 Å². The zero-order valence-corrected chi connectivity index (χ0v) is 16.1. The maximum absolute atomic E-state index is 12.0. The number of piperazine rings is 1. The molecule has 0 radical (unpaired) electrons. The number of carbonyl (C=O) groups is 1. The zero-order valence-electron chi connectivity index (χ0n) is 16.1. The molecular formula is C22H29N3O2. The SMILES string of the molecule is COc1ccccc1N1CCN(CCNC(=O)CCc2ccccc2)CC1. The number of aryl methyl sites for hydroxylation is 1. The molecule has 5 heteroatoms. The fourth-order valence-corrected chi connectivity index (χ4v) is 3.45. The van der Waals surface area contributed by atoms with Gasteiger partial charge in [-0.1, -0.05) is 42.5 Å². The Morgan fingerprint density at radius 1 is 1.00 bits per heavy atom. The lowest BCUT2D eigenvalue weighted by atomic mass is 10.1. The summed E-state index contributed by atoms with van der Waals surface area (Å²) in [7, 11) is 1.72. The standard InChI is InChI=1S/C22H29N3O2/c1-27-21-10-6-5-9-20(21)25-17-15-24(16-18-25)14-13-23-22(26)12-11-19-7-3-2-4-8-19/h2-10H,11-18H2,1H3,(H,23,26). The van der Waals surface area contributed by atoms with Crippen molar-refractivity contribution in [2.24, 2.45) is 0 Å². The Morgan fingerprint density at radius 3 is 2.44 bits per heavy atom. The molecule has 0 saturated carbocycles. The third-order valence-electron chi connectivity index (χ3n) is 5.03. The van der Waals surface area contributed by atoms with E-state index in [1.165, 1.54) is 5.56 Å². The summed E-state index contributed by atoms with van der Waals surface area (Å²) in [5, 5.41) is 3.05. The summed E-state index contributed by atoms with van der Waals surface area (Å²) in [6.07, 6.45) is 1.34. The van der Waals surface area contributed by atoms with E-state index in [1.54, 1.807) is 7.11 Å². The number of benzene rings is 2. The molecular weight excluding hydrogens is 338 g/mol. The molecule has 1 fully saturated rings. The van der Waals surface area contributed by atoms with Crippen LogP contribution in [0.5, 0.6) is 5.75 Å². The summed E-state index contributed by atoms with van der Waals surface area (Å²) >= 11 is 0. The highest BCUT2D eigenvalue weighted by Gasteiger charge is 2.19. The second-order valence-corrected chi connectivity index (χ2v) is 6.84. The predicted octanol–water partition coefficient (Wildman–Crippen LogP) is 2.57. The molecule has 27 heavy (non-hydrogen) atoms. The van der Waals surface area contributed by atoms with E-state index >= 15 is 0 Å². The van der Waals surface area contributed by atoms with Crippen LogP contribution in [0, 0.1) is 0 Å². The maximum Gasteiger partial charge on any atom is 0.220 e. The van der Waals surface area contributed by atoms with E-state index in [9.17, 15) is 4.79 Å². The van der Waals surface area contributed by atoms with E-state index in [0.717, 1.165) is 50.6 Å². The molecule has 3 rings (SSSR count). The van der Waals surface area contributed by atoms with Gasteiger partial charge in [0.15, 0.2) is 0 Å². The zero-order chi connectivity index (χ0) is 18.9. The number of hydrogen-bond donors (Lipinski definition) is 1. The average molecular weight is 367 g/mol. The van der Waals surface area contributed by atoms with Crippen molar-refractivity contribution in [2.45, 2.75) is 12.8 Å². The number of nitrogens with one attached hydrogen (secondary N) is 1. The number of rotatable bonds is 8. The maximum atomic E-state index is 12.0. The van der Waals surface area contributed by atoms with Crippen LogP contribution in [0.3, 0.4) is 0 Å². The summed E-state index contributed by atoms with van der Waals surface area (Å²) in [5.74, 6) is 1.06. The molecule has 1 amide bonds. The van der Waals surface area contributed by atoms with Crippen LogP contribution >= 0.6 is 0 Å². The van der Waals surface area contributed by atoms with Gasteiger partial charge in [-0.15, -0.1) is 0 Å². The summed E-state index contributed by atoms with van der Waals surface area (Å²) in [6, 6.07) is 18.3. The topological polar surface area (TPSA) is 44.8 Å². The van der Waals surface area contributed by atoms with E-state index in [1.807, 2.05) is 30.3 Å². The molecule has 0 aliphatic carbocycles. The molecule has 1 heterocycles. The van der Waals surface area contributed by atoms with Gasteiger partial charge in [0.1, 0.15) is 5.75 Å². The van der Waals surface area contributed by atoms with Crippen molar-refractivity contribution >= 4 is 11.6 Å². The molecule has 2 aromatic carbocycles. The first-order chi connectivity index (χ1) is 13.3. The molecule has 144 valence electrons. The first-order valence-corrected chi connectivity index (χ1v) is 9.67. The molecule has 2 aromatic rings. The largest absolute Gasteiger partial charge is 0.495 e. The number of carbonyl (C=O) groups excluding carboxylic acids is 1. The summed E-state index contributed by atoms with van der Waals surface area (Å²) in [5.41, 5.74) is 2.37. The highest BCUT2D eigenvalue weighted by molar-refractivity contribution is 5.76. The summed E-state index contributed by atoms with van der Waals surface area (Å²) in [6.45, 7) is 5.56. The minimum Gasteiger partial charge on any atom is -0.495 e. The molecule has 0 spiro atoms. The smallest absolute Gasteiger partial charge is 0.220 e. The molecule has 1 N–H and O–H groups in total. The van der Waals surface area contributed by atoms with E-state index in [-0.39, 0.29) is 5.91 Å². The quantitative estimate of drug-likeness (QED) is 0.779. The molecule has 0 bridgehead atoms. The fraction of sp³-hybridized carbons (Fsp3) is 0.409. The van der Waals surface area contributed by atoms with Crippen LogP contribution in [-0.2, 0) is 11.2 Å². The highest BCUT2D eigenvalue weighted by Crippen LogP contribution is 2.28. The predicted molar refractivity (Wildman–Crippen MR) is 109 cm³/mol. The van der Waals surface area contributed by atoms with Crippen LogP contribution in [0.15, 0.2) is 54.6 Å². The lowest BCUT2D eigenvalue weighted by molar-refractivity contribution is -0.121. The van der Waals surface area contributed by atoms with Crippen molar-refractivity contribution in [2.75, 3.05) is 51.3 Å². The first-order valence-electron chi connectivity index (χ1n) is 9.67. The lowest BCUT2D eigenvalue weighted by Crippen LogP contribution is -2.48. The van der Waals surface area contributed by atoms with Gasteiger partial charge in [-0.25, -0.2) is 0 Å². The van der Waals surface area contributed by atoms with Crippen molar-refractivity contribution in [3.8, 4) is 5.75 Å². The lowest BCUT2D eigenvalue weighted by Gasteiger charge is -2.36. The average Bonchev–Trinajstić information content (AvgIpc) is 2.73. The first kappa shape index (κ1) is 19.2. The summed E-state index contributed by atoms with van der Waals surface area (Å²) in [4.78, 5) is 16.8. The molecule has 5 nitrogen and oxygen atoms in total. The number of anilines is 1. The van der Waals surface area contributed by atoms with E-state index in [2.05, 4.69) is 39.4 Å². The Morgan fingerprint density at radius 2 is 1.70 bits per heavy atom. The van der Waals surface area contributed by atoms with Crippen molar-refractivity contribution in [1.29, 1.82) is 0 Å². The molecule has 1 aliphatic rings. The van der Waals surface area contributed by atoms with Gasteiger partial charge in [0, 0.05) is 45.7 Å². The van der Waals surface area contributed by atoms with E-state index in [0.29, 0.717) is 13.0 Å². The van der Waals surface area contributed by atoms with Crippen LogP contribution in [-0.4, -0.2) is 57.2 Å². The number of ether oxygens (including phenoxy) is 1. The normalized spacial score (nSPS) is 14.8. The van der Waals surface area contributed by atoms with E-state index < -0.39 is 0 Å². The fourth-order valence-electron chi connectivity index (χ4n) is 3.45. The van der Waals surface area contributed by atoms with Crippen molar-refractivity contribution in [3.05, 3.63) is 60.2 Å². The van der Waals surface area contributed by atoms with Gasteiger partial charge in [0.25, 0.3) is 0 Å². The van der Waals surface area contributed by atoms with Crippen LogP contribution in [0.25, 0.3) is 0 Å². The number of amides is 1.